The molecule has 6 aromatic carbocycles. The minimum atomic E-state index is -1.55. The van der Waals surface area contributed by atoms with Crippen LogP contribution >= 0.6 is 47.8 Å². The maximum atomic E-state index is 13.3. The van der Waals surface area contributed by atoms with E-state index in [4.69, 9.17) is 34.2 Å². The quantitative estimate of drug-likeness (QED) is 0.0285. The molecular weight excluding hydrogens is 1690 g/mol. The lowest BCUT2D eigenvalue weighted by molar-refractivity contribution is -0.128. The zero-order chi connectivity index (χ0) is 82.4. The van der Waals surface area contributed by atoms with E-state index in [2.05, 4.69) is 88.3 Å². The Labute approximate surface area is 709 Å². The number of nitrogens with one attached hydrogen (secondary N) is 2. The first kappa shape index (κ1) is 82.9. The number of ether oxygens (including phenoxy) is 6. The third kappa shape index (κ3) is 14.0. The molecule has 12 aromatic rings. The Morgan fingerprint density at radius 2 is 0.686 bits per heavy atom. The smallest absolute Gasteiger partial charge is 0.174 e. The summed E-state index contributed by atoms with van der Waals surface area (Å²) in [6, 6.07) is 64.6. The molecule has 9 heterocycles. The molecular formula is C93H90Br3N9O13. The summed E-state index contributed by atoms with van der Waals surface area (Å²) >= 11 is 10.6. The van der Waals surface area contributed by atoms with Gasteiger partial charge in [-0.2, -0.15) is 0 Å². The number of carbonyl (C=O) groups excluding carboxylic acids is 1. The highest BCUT2D eigenvalue weighted by molar-refractivity contribution is 9.11. The van der Waals surface area contributed by atoms with Crippen molar-refractivity contribution in [3.8, 4) is 34.5 Å². The third-order valence-corrected chi connectivity index (χ3v) is 26.2. The van der Waals surface area contributed by atoms with E-state index in [-0.39, 0.29) is 61.9 Å². The Hall–Kier alpha value is -10.2. The first-order valence-corrected chi connectivity index (χ1v) is 41.2. The van der Waals surface area contributed by atoms with E-state index >= 15 is 0 Å². The average Bonchev–Trinajstić information content (AvgIpc) is 1.51. The van der Waals surface area contributed by atoms with E-state index in [0.717, 1.165) is 64.2 Å². The van der Waals surface area contributed by atoms with Gasteiger partial charge in [0.25, 0.3) is 0 Å². The van der Waals surface area contributed by atoms with Crippen molar-refractivity contribution in [3.63, 3.8) is 0 Å². The van der Waals surface area contributed by atoms with Gasteiger partial charge in [0.05, 0.1) is 75.2 Å². The van der Waals surface area contributed by atoms with Crippen molar-refractivity contribution in [2.75, 3.05) is 60.8 Å². The van der Waals surface area contributed by atoms with Gasteiger partial charge in [-0.1, -0.05) is 175 Å². The van der Waals surface area contributed by atoms with Crippen molar-refractivity contribution in [3.05, 3.63) is 355 Å². The summed E-state index contributed by atoms with van der Waals surface area (Å²) in [6.07, 6.45) is 20.7. The molecule has 6 aliphatic rings. The summed E-state index contributed by atoms with van der Waals surface area (Å²) < 4.78 is 40.5. The number of aliphatic hydroxyl groups excluding tert-OH is 3. The number of fused-ring (bicyclic) bond motifs is 9. The molecule has 3 saturated carbocycles. The van der Waals surface area contributed by atoms with Crippen molar-refractivity contribution in [1.82, 2.24) is 40.5 Å². The van der Waals surface area contributed by atoms with Crippen LogP contribution in [0.1, 0.15) is 89.3 Å². The van der Waals surface area contributed by atoms with Crippen molar-refractivity contribution in [1.29, 1.82) is 0 Å². The monoisotopic (exact) mass is 1780 g/mol. The largest absolute Gasteiger partial charge is 0.495 e. The SMILES string of the molecule is COc1cncc2c1[C@]1(O)[C@@H](CN)[C@H](CO)[C@@H](c3ccccc3)[C@]1(c1ccc(Br)cc1)O2.COc1cncc2c1[C@]1(O)[C@@H](CNCc3ccncc3)[C@H](CO)[C@@H](c3ccccc3)[C@]1(c1ccc(Br)cc1)O2.COc1cncc2c1[C@]1(O)[C@@H](CNCc3ccncc3)[C@H](CO)[C@@H](c3ccccc3)[C@]1(c1ccc(Br)cc1)O2.O=Cc1ccncc1. The van der Waals surface area contributed by atoms with Gasteiger partial charge in [0.1, 0.15) is 57.6 Å². The van der Waals surface area contributed by atoms with Crippen LogP contribution in [0.15, 0.2) is 288 Å². The minimum absolute atomic E-state index is 0.131. The number of halogens is 3. The lowest BCUT2D eigenvalue weighted by Crippen LogP contribution is -2.52. The maximum absolute atomic E-state index is 13.3. The average molecular weight is 1780 g/mol. The van der Waals surface area contributed by atoms with Crippen LogP contribution in [0.2, 0.25) is 0 Å². The Morgan fingerprint density at radius 3 is 0.958 bits per heavy atom. The van der Waals surface area contributed by atoms with Gasteiger partial charge in [-0.05, 0) is 124 Å². The van der Waals surface area contributed by atoms with Crippen LogP contribution in [0.25, 0.3) is 0 Å². The van der Waals surface area contributed by atoms with Crippen molar-refractivity contribution >= 4 is 54.1 Å². The van der Waals surface area contributed by atoms with Gasteiger partial charge in [-0.3, -0.25) is 34.7 Å². The summed E-state index contributed by atoms with van der Waals surface area (Å²) in [5.74, 6) is -0.714. The summed E-state index contributed by atoms with van der Waals surface area (Å²) in [5, 5.41) is 78.9. The number of pyridine rings is 6. The molecule has 18 rings (SSSR count). The summed E-state index contributed by atoms with van der Waals surface area (Å²) in [5.41, 5.74) is 7.77. The number of aldehydes is 1. The van der Waals surface area contributed by atoms with E-state index in [1.165, 1.54) is 0 Å². The highest BCUT2D eigenvalue weighted by Gasteiger charge is 2.79. The second kappa shape index (κ2) is 35.4. The molecule has 0 bridgehead atoms. The second-order valence-electron chi connectivity index (χ2n) is 30.1. The summed E-state index contributed by atoms with van der Waals surface area (Å²) in [7, 11) is 4.69. The number of aliphatic hydroxyl groups is 6. The molecule has 0 saturated heterocycles. The molecule has 0 spiro atoms. The zero-order valence-electron chi connectivity index (χ0n) is 64.8. The van der Waals surface area contributed by atoms with Crippen molar-refractivity contribution in [2.45, 2.75) is 64.4 Å². The van der Waals surface area contributed by atoms with Gasteiger partial charge in [-0.15, -0.1) is 0 Å². The minimum Gasteiger partial charge on any atom is -0.495 e. The molecule has 6 aromatic heterocycles. The van der Waals surface area contributed by atoms with Gasteiger partial charge in [-0.25, -0.2) is 0 Å². The van der Waals surface area contributed by atoms with Gasteiger partial charge in [0.15, 0.2) is 16.8 Å². The predicted octanol–water partition coefficient (Wildman–Crippen LogP) is 13.3. The van der Waals surface area contributed by atoms with Crippen molar-refractivity contribution in [2.24, 2.45) is 41.2 Å². The molecule has 0 amide bonds. The molecule has 3 aliphatic heterocycles. The molecule has 25 heteroatoms. The van der Waals surface area contributed by atoms with E-state index in [1.54, 1.807) is 108 Å². The van der Waals surface area contributed by atoms with Crippen LogP contribution in [-0.2, 0) is 46.7 Å². The summed E-state index contributed by atoms with van der Waals surface area (Å²) in [4.78, 5) is 34.9. The normalized spacial score (nSPS) is 26.7. The zero-order valence-corrected chi connectivity index (χ0v) is 69.6. The number of aromatic nitrogens is 6. The number of benzene rings is 6. The lowest BCUT2D eigenvalue weighted by Gasteiger charge is -2.42. The highest BCUT2D eigenvalue weighted by Crippen LogP contribution is 2.75. The van der Waals surface area contributed by atoms with Gasteiger partial charge < -0.3 is 75.4 Å². The van der Waals surface area contributed by atoms with Crippen LogP contribution in [0.5, 0.6) is 34.5 Å². The fourth-order valence-electron chi connectivity index (χ4n) is 19.9. The Balaban J connectivity index is 0.000000132. The first-order chi connectivity index (χ1) is 57.5. The number of nitrogens with two attached hydrogens (primary N) is 1. The number of rotatable bonds is 22. The number of hydrogen-bond donors (Lipinski definition) is 9. The molecule has 606 valence electrons. The molecule has 10 N–H and O–H groups in total. The number of nitrogens with zero attached hydrogens (tertiary/aromatic N) is 6. The Kier molecular flexibility index (Phi) is 24.8. The topological polar surface area (TPSA) is 321 Å². The molecule has 3 aliphatic carbocycles. The fraction of sp³-hybridized carbons (Fsp3) is 0.280. The summed E-state index contributed by atoms with van der Waals surface area (Å²) in [6.45, 7) is 1.80. The van der Waals surface area contributed by atoms with Crippen molar-refractivity contribution < 1.29 is 63.9 Å². The Morgan fingerprint density at radius 1 is 0.398 bits per heavy atom. The molecule has 0 radical (unpaired) electrons. The lowest BCUT2D eigenvalue weighted by atomic mass is 9.70. The van der Waals surface area contributed by atoms with Crippen LogP contribution in [-0.4, -0.2) is 128 Å². The molecule has 0 unspecified atom stereocenters. The number of carbonyl (C=O) groups is 1. The predicted molar refractivity (Wildman–Crippen MR) is 454 cm³/mol. The first-order valence-electron chi connectivity index (χ1n) is 38.9. The highest BCUT2D eigenvalue weighted by atomic mass is 79.9. The van der Waals surface area contributed by atoms with Gasteiger partial charge in [0.2, 0.25) is 0 Å². The molecule has 15 atom stereocenters. The fourth-order valence-corrected chi connectivity index (χ4v) is 20.7. The standard InChI is InChI=1S/2C31H30BrN3O4.C25H25BrN2O4.C6H5NO/c2*1-38-26-17-35-18-27-29(26)30(37)25(16-34-15-20-11-13-33-14-12-20)24(19-36)28(21-5-3-2-4-6-21)31(30,39-27)22-7-9-23(32)10-8-22;1-31-20-12-28-13-21-23(20)24(30)19(11-27)18(14-29)22(15-5-3-2-4-6-15)25(24,32-21)16-7-9-17(26)10-8-16;8-5-6-1-3-7-4-2-6/h2*2-14,17-18,24-25,28,34,36-37H,15-16,19H2,1H3;2-10,12-13,18-19,22,29-30H,11,14,27H2,1H3;1-5H/t2*24-,25-,28+,30+,31-;18-,19-,22+,24+,25-;/m000./s1. The van der Waals surface area contributed by atoms with Crippen LogP contribution in [0, 0.1) is 35.5 Å². The number of hydrogen-bond acceptors (Lipinski definition) is 22. The number of methoxy groups -OCH3 is 3. The van der Waals surface area contributed by atoms with Crippen LogP contribution in [0.3, 0.4) is 0 Å². The van der Waals surface area contributed by atoms with E-state index < -0.39 is 51.4 Å². The Bertz CT molecular complexity index is 5170. The van der Waals surface area contributed by atoms with Gasteiger partial charge >= 0.3 is 0 Å². The molecule has 22 nitrogen and oxygen atoms in total. The van der Waals surface area contributed by atoms with Gasteiger partial charge in [0, 0.05) is 155 Å². The second-order valence-corrected chi connectivity index (χ2v) is 32.9. The molecule has 3 fully saturated rings. The van der Waals surface area contributed by atoms with Crippen LogP contribution in [0.4, 0.5) is 0 Å². The maximum Gasteiger partial charge on any atom is 0.174 e. The van der Waals surface area contributed by atoms with Crippen LogP contribution < -0.4 is 44.8 Å². The third-order valence-electron chi connectivity index (χ3n) is 24.6. The van der Waals surface area contributed by atoms with E-state index in [9.17, 15) is 35.4 Å². The van der Waals surface area contributed by atoms with E-state index in [0.29, 0.717) is 82.9 Å². The molecule has 118 heavy (non-hydrogen) atoms. The van der Waals surface area contributed by atoms with E-state index in [1.807, 2.05) is 188 Å².